The van der Waals surface area contributed by atoms with Gasteiger partial charge < -0.3 is 19.8 Å². The van der Waals surface area contributed by atoms with Crippen LogP contribution in [0.15, 0.2) is 24.3 Å². The van der Waals surface area contributed by atoms with Gasteiger partial charge in [-0.15, -0.1) is 0 Å². The topological polar surface area (TPSA) is 30.0 Å². The highest BCUT2D eigenvalue weighted by Crippen LogP contribution is 2.34. The third kappa shape index (κ3) is 5.03. The molecule has 2 saturated heterocycles. The SMILES string of the molecule is CN1CCN(CC(C)(C)CN2CCC(O)(c3ccc(F)cc3)CC2)CC1. The molecule has 2 aliphatic rings. The third-order valence-electron chi connectivity index (χ3n) is 5.96. The lowest BCUT2D eigenvalue weighted by atomic mass is 9.83. The molecule has 5 heteroatoms. The van der Waals surface area contributed by atoms with Crippen LogP contribution in [0, 0.1) is 11.2 Å². The van der Waals surface area contributed by atoms with Crippen LogP contribution in [0.4, 0.5) is 4.39 Å². The van der Waals surface area contributed by atoms with Gasteiger partial charge in [-0.05, 0) is 43.0 Å². The van der Waals surface area contributed by atoms with Crippen molar-refractivity contribution in [3.05, 3.63) is 35.6 Å². The summed E-state index contributed by atoms with van der Waals surface area (Å²) in [5, 5.41) is 11.0. The van der Waals surface area contributed by atoms with Gasteiger partial charge in [-0.25, -0.2) is 4.39 Å². The molecule has 0 unspecified atom stereocenters. The number of hydrogen-bond donors (Lipinski definition) is 1. The number of rotatable bonds is 5. The summed E-state index contributed by atoms with van der Waals surface area (Å²) in [6, 6.07) is 6.34. The molecule has 4 nitrogen and oxygen atoms in total. The molecule has 0 aliphatic carbocycles. The van der Waals surface area contributed by atoms with E-state index < -0.39 is 5.60 Å². The molecule has 1 aromatic rings. The van der Waals surface area contributed by atoms with Gasteiger partial charge in [0, 0.05) is 52.4 Å². The van der Waals surface area contributed by atoms with Crippen molar-refractivity contribution in [1.82, 2.24) is 14.7 Å². The molecular weight excluding hydrogens is 329 g/mol. The van der Waals surface area contributed by atoms with E-state index in [4.69, 9.17) is 0 Å². The number of piperidine rings is 1. The van der Waals surface area contributed by atoms with Crippen LogP contribution in [0.5, 0.6) is 0 Å². The van der Waals surface area contributed by atoms with Crippen LogP contribution >= 0.6 is 0 Å². The van der Waals surface area contributed by atoms with Crippen molar-refractivity contribution < 1.29 is 9.50 Å². The van der Waals surface area contributed by atoms with E-state index in [9.17, 15) is 9.50 Å². The molecule has 0 bridgehead atoms. The number of halogens is 1. The summed E-state index contributed by atoms with van der Waals surface area (Å²) in [4.78, 5) is 7.46. The minimum Gasteiger partial charge on any atom is -0.385 e. The standard InChI is InChI=1S/C21H34FN3O/c1-20(2,17-25-14-12-23(3)13-15-25)16-24-10-8-21(26,9-11-24)18-4-6-19(22)7-5-18/h4-7,26H,8-17H2,1-3H3. The Labute approximate surface area is 157 Å². The van der Waals surface area contributed by atoms with Crippen molar-refractivity contribution in [3.8, 4) is 0 Å². The fourth-order valence-corrected chi connectivity index (χ4v) is 4.40. The average Bonchev–Trinajstić information content (AvgIpc) is 2.59. The lowest BCUT2D eigenvalue weighted by molar-refractivity contribution is -0.0352. The van der Waals surface area contributed by atoms with E-state index in [0.717, 1.165) is 57.9 Å². The Hall–Kier alpha value is -1.01. The van der Waals surface area contributed by atoms with Crippen molar-refractivity contribution >= 4 is 0 Å². The van der Waals surface area contributed by atoms with E-state index in [2.05, 4.69) is 35.6 Å². The number of hydrogen-bond acceptors (Lipinski definition) is 4. The highest BCUT2D eigenvalue weighted by atomic mass is 19.1. The van der Waals surface area contributed by atoms with Gasteiger partial charge in [-0.1, -0.05) is 26.0 Å². The Morgan fingerprint density at radius 3 is 1.96 bits per heavy atom. The zero-order valence-electron chi connectivity index (χ0n) is 16.5. The van der Waals surface area contributed by atoms with E-state index in [-0.39, 0.29) is 11.2 Å². The molecule has 0 aromatic heterocycles. The number of nitrogens with zero attached hydrogens (tertiary/aromatic N) is 3. The first-order valence-electron chi connectivity index (χ1n) is 9.88. The Kier molecular flexibility index (Phi) is 6.02. The summed E-state index contributed by atoms with van der Waals surface area (Å²) in [5.74, 6) is -0.250. The fourth-order valence-electron chi connectivity index (χ4n) is 4.40. The summed E-state index contributed by atoms with van der Waals surface area (Å²) in [6.45, 7) is 13.3. The van der Waals surface area contributed by atoms with Gasteiger partial charge in [-0.2, -0.15) is 0 Å². The van der Waals surface area contributed by atoms with Crippen molar-refractivity contribution in [3.63, 3.8) is 0 Å². The largest absolute Gasteiger partial charge is 0.385 e. The molecule has 3 rings (SSSR count). The quantitative estimate of drug-likeness (QED) is 0.870. The number of benzene rings is 1. The predicted octanol–water partition coefficient (Wildman–Crippen LogP) is 2.38. The number of likely N-dealkylation sites (N-methyl/N-ethyl adjacent to an activating group) is 1. The lowest BCUT2D eigenvalue weighted by Crippen LogP contribution is -2.51. The first-order valence-corrected chi connectivity index (χ1v) is 9.88. The van der Waals surface area contributed by atoms with Gasteiger partial charge >= 0.3 is 0 Å². The molecule has 26 heavy (non-hydrogen) atoms. The molecule has 0 amide bonds. The van der Waals surface area contributed by atoms with Crippen LogP contribution in [0.1, 0.15) is 32.3 Å². The number of likely N-dealkylation sites (tertiary alicyclic amines) is 1. The molecule has 2 aliphatic heterocycles. The highest BCUT2D eigenvalue weighted by Gasteiger charge is 2.36. The molecule has 0 saturated carbocycles. The second kappa shape index (κ2) is 7.93. The summed E-state index contributed by atoms with van der Waals surface area (Å²) in [7, 11) is 2.19. The van der Waals surface area contributed by atoms with Gasteiger partial charge in [0.2, 0.25) is 0 Å². The molecule has 0 spiro atoms. The van der Waals surface area contributed by atoms with Crippen molar-refractivity contribution in [2.45, 2.75) is 32.3 Å². The second-order valence-corrected chi connectivity index (χ2v) is 9.06. The van der Waals surface area contributed by atoms with Crippen molar-refractivity contribution in [1.29, 1.82) is 0 Å². The first-order chi connectivity index (χ1) is 12.3. The zero-order chi connectivity index (χ0) is 18.8. The zero-order valence-corrected chi connectivity index (χ0v) is 16.5. The maximum atomic E-state index is 13.1. The summed E-state index contributed by atoms with van der Waals surface area (Å²) in [6.07, 6.45) is 1.42. The first kappa shape index (κ1) is 19.7. The van der Waals surface area contributed by atoms with Gasteiger partial charge in [0.1, 0.15) is 5.82 Å². The van der Waals surface area contributed by atoms with E-state index in [1.165, 1.54) is 12.1 Å². The summed E-state index contributed by atoms with van der Waals surface area (Å²) in [5.41, 5.74) is 0.266. The van der Waals surface area contributed by atoms with Gasteiger partial charge in [0.25, 0.3) is 0 Å². The monoisotopic (exact) mass is 363 g/mol. The maximum absolute atomic E-state index is 13.1. The molecule has 0 radical (unpaired) electrons. The normalized spacial score (nSPS) is 23.3. The second-order valence-electron chi connectivity index (χ2n) is 9.06. The molecule has 1 N–H and O–H groups in total. The van der Waals surface area contributed by atoms with Crippen LogP contribution in [-0.2, 0) is 5.60 Å². The van der Waals surface area contributed by atoms with E-state index >= 15 is 0 Å². The molecular formula is C21H34FN3O. The minimum atomic E-state index is -0.814. The number of aliphatic hydroxyl groups is 1. The molecule has 2 heterocycles. The van der Waals surface area contributed by atoms with E-state index in [1.807, 2.05) is 0 Å². The summed E-state index contributed by atoms with van der Waals surface area (Å²) < 4.78 is 13.1. The van der Waals surface area contributed by atoms with E-state index in [1.54, 1.807) is 12.1 Å². The highest BCUT2D eigenvalue weighted by molar-refractivity contribution is 5.23. The minimum absolute atomic E-state index is 0.237. The number of piperazine rings is 1. The van der Waals surface area contributed by atoms with Crippen LogP contribution < -0.4 is 0 Å². The van der Waals surface area contributed by atoms with Crippen molar-refractivity contribution in [2.75, 3.05) is 59.4 Å². The fraction of sp³-hybridized carbons (Fsp3) is 0.714. The summed E-state index contributed by atoms with van der Waals surface area (Å²) >= 11 is 0. The van der Waals surface area contributed by atoms with Gasteiger partial charge in [0.15, 0.2) is 0 Å². The Morgan fingerprint density at radius 1 is 0.923 bits per heavy atom. The Balaban J connectivity index is 1.50. The molecule has 146 valence electrons. The molecule has 1 aromatic carbocycles. The third-order valence-corrected chi connectivity index (χ3v) is 5.96. The Morgan fingerprint density at radius 2 is 1.42 bits per heavy atom. The van der Waals surface area contributed by atoms with Crippen LogP contribution in [0.3, 0.4) is 0 Å². The predicted molar refractivity (Wildman–Crippen MR) is 104 cm³/mol. The van der Waals surface area contributed by atoms with Crippen LogP contribution in [0.2, 0.25) is 0 Å². The average molecular weight is 364 g/mol. The lowest BCUT2D eigenvalue weighted by Gasteiger charge is -2.43. The van der Waals surface area contributed by atoms with E-state index in [0.29, 0.717) is 12.8 Å². The van der Waals surface area contributed by atoms with Crippen LogP contribution in [-0.4, -0.2) is 79.2 Å². The smallest absolute Gasteiger partial charge is 0.123 e. The molecule has 2 fully saturated rings. The van der Waals surface area contributed by atoms with Crippen LogP contribution in [0.25, 0.3) is 0 Å². The van der Waals surface area contributed by atoms with Gasteiger partial charge in [0.05, 0.1) is 5.60 Å². The van der Waals surface area contributed by atoms with Gasteiger partial charge in [-0.3, -0.25) is 0 Å². The maximum Gasteiger partial charge on any atom is 0.123 e. The molecule has 0 atom stereocenters. The van der Waals surface area contributed by atoms with Crippen molar-refractivity contribution in [2.24, 2.45) is 5.41 Å². The Bertz CT molecular complexity index is 573.